The predicted molar refractivity (Wildman–Crippen MR) is 363 cm³/mol. The Hall–Kier alpha value is -0.500. The zero-order chi connectivity index (χ0) is 60.5. The topological polar surface area (TPSA) is 108 Å². The summed E-state index contributed by atoms with van der Waals surface area (Å²) in [6.45, 7) is 4.81. The molecular weight excluding hydrogens is 1040 g/mol. The maximum Gasteiger partial charge on any atom is 0.268 e. The van der Waals surface area contributed by atoms with Gasteiger partial charge < -0.3 is 28.8 Å². The zero-order valence-corrected chi connectivity index (χ0v) is 58.1. The molecule has 3 unspecified atom stereocenters. The number of hydrogen-bond acceptors (Lipinski definition) is 6. The van der Waals surface area contributed by atoms with Gasteiger partial charge in [0.25, 0.3) is 7.82 Å². The maximum absolute atomic E-state index is 13.1. The molecule has 0 spiro atoms. The van der Waals surface area contributed by atoms with Gasteiger partial charge in [0.05, 0.1) is 39.9 Å². The maximum atomic E-state index is 13.1. The highest BCUT2D eigenvalue weighted by atomic mass is 31.2. The number of quaternary nitrogens is 1. The van der Waals surface area contributed by atoms with E-state index in [4.69, 9.17) is 9.05 Å². The molecule has 0 bridgehead atoms. The number of rotatable bonds is 72. The van der Waals surface area contributed by atoms with Gasteiger partial charge in [0, 0.05) is 6.42 Å². The molecule has 0 aromatic heterocycles. The second-order valence-electron chi connectivity index (χ2n) is 27.7. The Labute approximate surface area is 520 Å². The van der Waals surface area contributed by atoms with E-state index in [0.717, 1.165) is 38.5 Å². The quantitative estimate of drug-likeness (QED) is 0.0357. The highest BCUT2D eigenvalue weighted by molar-refractivity contribution is 7.45. The van der Waals surface area contributed by atoms with Crippen LogP contribution in [0.2, 0.25) is 0 Å². The van der Waals surface area contributed by atoms with Crippen molar-refractivity contribution in [3.8, 4) is 0 Å². The molecule has 498 valence electrons. The fourth-order valence-electron chi connectivity index (χ4n) is 12.2. The number of aliphatic hydroxyl groups is 1. The lowest BCUT2D eigenvalue weighted by Crippen LogP contribution is -2.46. The van der Waals surface area contributed by atoms with Crippen LogP contribution in [0.3, 0.4) is 0 Å². The first-order valence-corrected chi connectivity index (χ1v) is 39.3. The molecule has 0 fully saturated rings. The summed E-state index contributed by atoms with van der Waals surface area (Å²) in [5.41, 5.74) is 0. The number of carbonyl (C=O) groups excluding carboxylic acids is 1. The average Bonchev–Trinajstić information content (AvgIpc) is 3.49. The molecule has 8 nitrogen and oxygen atoms in total. The van der Waals surface area contributed by atoms with Gasteiger partial charge in [-0.2, -0.15) is 0 Å². The van der Waals surface area contributed by atoms with Crippen LogP contribution in [0, 0.1) is 0 Å². The van der Waals surface area contributed by atoms with Crippen molar-refractivity contribution < 1.29 is 32.9 Å². The van der Waals surface area contributed by atoms with Crippen LogP contribution in [-0.4, -0.2) is 68.5 Å². The van der Waals surface area contributed by atoms with E-state index in [0.29, 0.717) is 23.9 Å². The number of unbranched alkanes of at least 4 members (excludes halogenated alkanes) is 59. The number of likely N-dealkylation sites (N-methyl/N-ethyl adjacent to an activating group) is 1. The van der Waals surface area contributed by atoms with Gasteiger partial charge in [0.2, 0.25) is 5.91 Å². The van der Waals surface area contributed by atoms with Gasteiger partial charge in [-0.05, 0) is 12.8 Å². The summed E-state index contributed by atoms with van der Waals surface area (Å²) < 4.78 is 23.6. The molecule has 0 aromatic rings. The van der Waals surface area contributed by atoms with Crippen LogP contribution in [0.1, 0.15) is 418 Å². The molecule has 3 atom stereocenters. The van der Waals surface area contributed by atoms with Gasteiger partial charge in [0.1, 0.15) is 13.2 Å². The summed E-state index contributed by atoms with van der Waals surface area (Å²) in [5, 5.41) is 14.1. The third-order valence-electron chi connectivity index (χ3n) is 18.1. The van der Waals surface area contributed by atoms with Crippen LogP contribution in [-0.2, 0) is 18.4 Å². The summed E-state index contributed by atoms with van der Waals surface area (Å²) in [5.74, 6) is -0.152. The van der Waals surface area contributed by atoms with Crippen molar-refractivity contribution in [2.24, 2.45) is 0 Å². The Morgan fingerprint density at radius 3 is 0.819 bits per heavy atom. The van der Waals surface area contributed by atoms with Crippen LogP contribution < -0.4 is 10.2 Å². The molecule has 0 aliphatic rings. The number of amides is 1. The van der Waals surface area contributed by atoms with Gasteiger partial charge in [-0.3, -0.25) is 9.36 Å². The molecule has 0 saturated heterocycles. The minimum Gasteiger partial charge on any atom is -0.756 e. The molecule has 83 heavy (non-hydrogen) atoms. The molecule has 0 heterocycles. The van der Waals surface area contributed by atoms with Gasteiger partial charge >= 0.3 is 0 Å². The first kappa shape index (κ1) is 82.5. The van der Waals surface area contributed by atoms with E-state index in [1.54, 1.807) is 0 Å². The van der Waals surface area contributed by atoms with E-state index >= 15 is 0 Å². The molecule has 0 radical (unpaired) electrons. The van der Waals surface area contributed by atoms with Crippen molar-refractivity contribution in [3.63, 3.8) is 0 Å². The van der Waals surface area contributed by atoms with E-state index < -0.39 is 20.0 Å². The van der Waals surface area contributed by atoms with Crippen molar-refractivity contribution >= 4 is 13.7 Å². The van der Waals surface area contributed by atoms with Gasteiger partial charge in [-0.1, -0.05) is 399 Å². The molecule has 0 aliphatic carbocycles. The number of aliphatic hydroxyl groups excluding tert-OH is 1. The van der Waals surface area contributed by atoms with Crippen molar-refractivity contribution in [1.82, 2.24) is 5.32 Å². The van der Waals surface area contributed by atoms with Crippen LogP contribution in [0.15, 0.2) is 0 Å². The summed E-state index contributed by atoms with van der Waals surface area (Å²) in [6.07, 6.45) is 83.5. The average molecular weight is 1200 g/mol. The molecule has 0 aromatic carbocycles. The second-order valence-corrected chi connectivity index (χ2v) is 29.1. The standard InChI is InChI=1S/C74H151N2O6P/c1-6-8-10-12-14-16-18-20-22-24-26-28-30-32-34-36-38-40-42-44-46-48-50-52-54-56-58-60-62-64-66-68-74(78)75-72(71-82-83(79,80)81-70-69-76(3,4)5)73(77)67-65-63-61-59-57-55-53-51-49-47-45-43-41-39-37-35-33-31-29-27-25-23-21-19-17-15-13-11-9-7-2/h72-73,77H,6-71H2,1-5H3,(H-,75,78,79,80). The van der Waals surface area contributed by atoms with Gasteiger partial charge in [-0.15, -0.1) is 0 Å². The Kier molecular flexibility index (Phi) is 65.5. The largest absolute Gasteiger partial charge is 0.756 e. The number of nitrogens with zero attached hydrogens (tertiary/aromatic N) is 1. The zero-order valence-electron chi connectivity index (χ0n) is 57.2. The van der Waals surface area contributed by atoms with E-state index in [1.807, 2.05) is 21.1 Å². The number of carbonyl (C=O) groups is 1. The second kappa shape index (κ2) is 65.9. The Bertz CT molecular complexity index is 1310. The number of phosphoric acid groups is 1. The number of phosphoric ester groups is 1. The molecule has 0 saturated carbocycles. The molecule has 0 rings (SSSR count). The van der Waals surface area contributed by atoms with Crippen molar-refractivity contribution in [3.05, 3.63) is 0 Å². The highest BCUT2D eigenvalue weighted by Gasteiger charge is 2.24. The predicted octanol–water partition coefficient (Wildman–Crippen LogP) is 23.7. The fraction of sp³-hybridized carbons (Fsp3) is 0.986. The minimum atomic E-state index is -4.58. The lowest BCUT2D eigenvalue weighted by atomic mass is 10.0. The summed E-state index contributed by atoms with van der Waals surface area (Å²) in [6, 6.07) is -0.797. The van der Waals surface area contributed by atoms with Crippen molar-refractivity contribution in [2.75, 3.05) is 40.9 Å². The third kappa shape index (κ3) is 68.8. The van der Waals surface area contributed by atoms with E-state index in [9.17, 15) is 19.4 Å². The van der Waals surface area contributed by atoms with Crippen LogP contribution >= 0.6 is 7.82 Å². The molecular formula is C74H151N2O6P. The molecule has 9 heteroatoms. The molecule has 0 aliphatic heterocycles. The summed E-state index contributed by atoms with van der Waals surface area (Å²) >= 11 is 0. The smallest absolute Gasteiger partial charge is 0.268 e. The van der Waals surface area contributed by atoms with Crippen molar-refractivity contribution in [2.45, 2.75) is 431 Å². The normalized spacial score (nSPS) is 13.5. The van der Waals surface area contributed by atoms with Crippen LogP contribution in [0.5, 0.6) is 0 Å². The molecule has 1 amide bonds. The van der Waals surface area contributed by atoms with Crippen molar-refractivity contribution in [1.29, 1.82) is 0 Å². The van der Waals surface area contributed by atoms with Gasteiger partial charge in [-0.25, -0.2) is 0 Å². The third-order valence-corrected chi connectivity index (χ3v) is 19.1. The first-order valence-electron chi connectivity index (χ1n) is 37.9. The SMILES string of the molecule is CCCCCCCCCCCCCCCCCCCCCCCCCCCCCCCCCC(=O)NC(COP(=O)([O-])OCC[N+](C)(C)C)C(O)CCCCCCCCCCCCCCCCCCCCCCCCCCCCCCCC. The fourth-order valence-corrected chi connectivity index (χ4v) is 12.9. The lowest BCUT2D eigenvalue weighted by molar-refractivity contribution is -0.870. The summed E-state index contributed by atoms with van der Waals surface area (Å²) in [7, 11) is 1.33. The summed E-state index contributed by atoms with van der Waals surface area (Å²) in [4.78, 5) is 25.7. The van der Waals surface area contributed by atoms with Crippen LogP contribution in [0.4, 0.5) is 0 Å². The Balaban J connectivity index is 3.93. The van der Waals surface area contributed by atoms with E-state index in [1.165, 1.54) is 353 Å². The van der Waals surface area contributed by atoms with Gasteiger partial charge in [0.15, 0.2) is 0 Å². The van der Waals surface area contributed by atoms with E-state index in [-0.39, 0.29) is 19.1 Å². The number of hydrogen-bond donors (Lipinski definition) is 2. The highest BCUT2D eigenvalue weighted by Crippen LogP contribution is 2.38. The first-order chi connectivity index (χ1) is 40.5. The number of nitrogens with one attached hydrogen (secondary N) is 1. The monoisotopic (exact) mass is 1200 g/mol. The Morgan fingerprint density at radius 2 is 0.590 bits per heavy atom. The Morgan fingerprint density at radius 1 is 0.373 bits per heavy atom. The lowest BCUT2D eigenvalue weighted by Gasteiger charge is -2.30. The van der Waals surface area contributed by atoms with E-state index in [2.05, 4.69) is 19.2 Å². The van der Waals surface area contributed by atoms with Crippen LogP contribution in [0.25, 0.3) is 0 Å². The minimum absolute atomic E-state index is 0.0171. The molecule has 2 N–H and O–H groups in total.